The Morgan fingerprint density at radius 2 is 1.87 bits per heavy atom. The highest BCUT2D eigenvalue weighted by atomic mass is 19.1. The number of anilines is 1. The van der Waals surface area contributed by atoms with Gasteiger partial charge in [0.15, 0.2) is 17.3 Å². The molecule has 6 rings (SSSR count). The van der Waals surface area contributed by atoms with Crippen molar-refractivity contribution in [1.82, 2.24) is 35.1 Å². The molecule has 1 aromatic carbocycles. The van der Waals surface area contributed by atoms with Gasteiger partial charge in [0.1, 0.15) is 22.7 Å². The highest BCUT2D eigenvalue weighted by molar-refractivity contribution is 5.97. The number of aromatic nitrogens is 7. The number of carbonyl (C=O) groups excluding carboxylic acids is 1. The van der Waals surface area contributed by atoms with Gasteiger partial charge in [-0.25, -0.2) is 18.7 Å². The lowest BCUT2D eigenvalue weighted by Crippen LogP contribution is -2.17. The third-order valence-corrected chi connectivity index (χ3v) is 6.09. The molecule has 38 heavy (non-hydrogen) atoms. The fourth-order valence-electron chi connectivity index (χ4n) is 4.18. The van der Waals surface area contributed by atoms with E-state index in [-0.39, 0.29) is 40.2 Å². The van der Waals surface area contributed by atoms with Crippen LogP contribution in [0.25, 0.3) is 56.0 Å². The summed E-state index contributed by atoms with van der Waals surface area (Å²) >= 11 is 0. The molecule has 0 unspecified atom stereocenters. The zero-order chi connectivity index (χ0) is 26.4. The Balaban J connectivity index is 1.45. The van der Waals surface area contributed by atoms with Gasteiger partial charge < -0.3 is 10.3 Å². The molecular weight excluding hydrogens is 490 g/mol. The van der Waals surface area contributed by atoms with E-state index in [1.165, 1.54) is 30.7 Å². The molecule has 0 saturated carbocycles. The third-order valence-electron chi connectivity index (χ3n) is 6.09. The fourth-order valence-corrected chi connectivity index (χ4v) is 4.18. The molecule has 0 spiro atoms. The summed E-state index contributed by atoms with van der Waals surface area (Å²) in [4.78, 5) is 32.6. The number of benzene rings is 1. The van der Waals surface area contributed by atoms with Gasteiger partial charge in [0.25, 0.3) is 0 Å². The average molecular weight is 511 g/mol. The van der Waals surface area contributed by atoms with Gasteiger partial charge in [0, 0.05) is 29.4 Å². The number of aromatic amines is 2. The summed E-state index contributed by atoms with van der Waals surface area (Å²) in [5, 5.41) is 10.0. The minimum Gasteiger partial charge on any atom is -0.324 e. The van der Waals surface area contributed by atoms with Gasteiger partial charge in [0.2, 0.25) is 5.91 Å². The molecule has 0 aliphatic carbocycles. The number of rotatable bonds is 5. The van der Waals surface area contributed by atoms with E-state index in [4.69, 9.17) is 0 Å². The van der Waals surface area contributed by atoms with E-state index in [0.717, 1.165) is 0 Å². The van der Waals surface area contributed by atoms with E-state index in [1.807, 2.05) is 0 Å². The van der Waals surface area contributed by atoms with E-state index in [9.17, 15) is 9.18 Å². The van der Waals surface area contributed by atoms with E-state index in [2.05, 4.69) is 40.4 Å². The molecule has 0 saturated heterocycles. The Bertz CT molecular complexity index is 1840. The van der Waals surface area contributed by atoms with Crippen LogP contribution in [0.3, 0.4) is 0 Å². The van der Waals surface area contributed by atoms with E-state index >= 15 is 4.39 Å². The first-order chi connectivity index (χ1) is 18.4. The van der Waals surface area contributed by atoms with Crippen LogP contribution in [-0.4, -0.2) is 41.0 Å². The Hall–Kier alpha value is -5.06. The minimum atomic E-state index is -0.626. The minimum absolute atomic E-state index is 0.0444. The summed E-state index contributed by atoms with van der Waals surface area (Å²) in [5.41, 5.74) is 3.73. The fraction of sp³-hybridized carbons (Fsp3) is 0.111. The summed E-state index contributed by atoms with van der Waals surface area (Å²) in [5.74, 6) is -1.11. The van der Waals surface area contributed by atoms with Crippen LogP contribution < -0.4 is 5.32 Å². The normalized spacial score (nSPS) is 11.5. The molecule has 0 fully saturated rings. The lowest BCUT2D eigenvalue weighted by molar-refractivity contribution is -0.118. The molecule has 0 aliphatic rings. The molecule has 0 atom stereocenters. The first kappa shape index (κ1) is 23.3. The van der Waals surface area contributed by atoms with Crippen molar-refractivity contribution in [3.05, 3.63) is 72.8 Å². The second-order valence-electron chi connectivity index (χ2n) is 9.04. The summed E-state index contributed by atoms with van der Waals surface area (Å²) in [7, 11) is 0. The number of imidazole rings is 1. The van der Waals surface area contributed by atoms with Crippen molar-refractivity contribution in [3.8, 4) is 33.9 Å². The molecule has 3 N–H and O–H groups in total. The summed E-state index contributed by atoms with van der Waals surface area (Å²) in [6.45, 7) is 3.55. The molecule has 5 aromatic heterocycles. The summed E-state index contributed by atoms with van der Waals surface area (Å²) in [6, 6.07) is 9.53. The second kappa shape index (κ2) is 9.11. The SMILES string of the molecule is CC(C)C(=O)Nc1cncc(-c2ncc3[nH]nc(-c4nc5c(-c6cccc(F)c6)ccnc5[nH]4)c3c2F)c1. The van der Waals surface area contributed by atoms with Crippen LogP contribution >= 0.6 is 0 Å². The molecular formula is C27H20F2N8O. The number of hydrogen-bond acceptors (Lipinski definition) is 6. The summed E-state index contributed by atoms with van der Waals surface area (Å²) < 4.78 is 29.8. The van der Waals surface area contributed by atoms with Gasteiger partial charge >= 0.3 is 0 Å². The number of pyridine rings is 3. The number of H-pyrrole nitrogens is 2. The Labute approximate surface area is 214 Å². The number of carbonyl (C=O) groups is 1. The lowest BCUT2D eigenvalue weighted by Gasteiger charge is -2.09. The third kappa shape index (κ3) is 4.03. The molecule has 6 aromatic rings. The molecule has 0 bridgehead atoms. The molecule has 188 valence electrons. The van der Waals surface area contributed by atoms with E-state index in [0.29, 0.717) is 39.1 Å². The molecule has 9 nitrogen and oxygen atoms in total. The van der Waals surface area contributed by atoms with Gasteiger partial charge in [-0.15, -0.1) is 0 Å². The maximum Gasteiger partial charge on any atom is 0.226 e. The molecule has 0 aliphatic heterocycles. The van der Waals surface area contributed by atoms with Crippen molar-refractivity contribution in [2.24, 2.45) is 5.92 Å². The van der Waals surface area contributed by atoms with Gasteiger partial charge in [-0.1, -0.05) is 26.0 Å². The van der Waals surface area contributed by atoms with Crippen molar-refractivity contribution >= 4 is 33.7 Å². The molecule has 1 amide bonds. The van der Waals surface area contributed by atoms with Crippen molar-refractivity contribution in [1.29, 1.82) is 0 Å². The van der Waals surface area contributed by atoms with E-state index < -0.39 is 5.82 Å². The van der Waals surface area contributed by atoms with Crippen LogP contribution in [0.15, 0.2) is 61.2 Å². The predicted octanol–water partition coefficient (Wildman–Crippen LogP) is 5.50. The number of halogens is 2. The van der Waals surface area contributed by atoms with Crippen LogP contribution in [0.2, 0.25) is 0 Å². The highest BCUT2D eigenvalue weighted by Crippen LogP contribution is 2.34. The van der Waals surface area contributed by atoms with Gasteiger partial charge in [-0.3, -0.25) is 19.9 Å². The number of hydrogen-bond donors (Lipinski definition) is 3. The van der Waals surface area contributed by atoms with Crippen molar-refractivity contribution in [3.63, 3.8) is 0 Å². The first-order valence-electron chi connectivity index (χ1n) is 11.8. The zero-order valence-corrected chi connectivity index (χ0v) is 20.3. The van der Waals surface area contributed by atoms with Crippen molar-refractivity contribution < 1.29 is 13.6 Å². The topological polar surface area (TPSA) is 125 Å². The number of nitrogens with zero attached hydrogens (tertiary/aromatic N) is 5. The van der Waals surface area contributed by atoms with Crippen LogP contribution in [-0.2, 0) is 4.79 Å². The van der Waals surface area contributed by atoms with Gasteiger partial charge in [-0.05, 0) is 29.8 Å². The maximum atomic E-state index is 16.0. The largest absolute Gasteiger partial charge is 0.324 e. The van der Waals surface area contributed by atoms with Crippen LogP contribution in [0.4, 0.5) is 14.5 Å². The lowest BCUT2D eigenvalue weighted by atomic mass is 10.1. The smallest absolute Gasteiger partial charge is 0.226 e. The van der Waals surface area contributed by atoms with Crippen LogP contribution in [0.1, 0.15) is 13.8 Å². The Morgan fingerprint density at radius 1 is 1.00 bits per heavy atom. The van der Waals surface area contributed by atoms with Crippen molar-refractivity contribution in [2.75, 3.05) is 5.32 Å². The van der Waals surface area contributed by atoms with Crippen molar-refractivity contribution in [2.45, 2.75) is 13.8 Å². The van der Waals surface area contributed by atoms with Gasteiger partial charge in [0.05, 0.1) is 29.0 Å². The van der Waals surface area contributed by atoms with Crippen LogP contribution in [0.5, 0.6) is 0 Å². The Kier molecular flexibility index (Phi) is 5.60. The number of nitrogens with one attached hydrogen (secondary N) is 3. The quantitative estimate of drug-likeness (QED) is 0.281. The molecule has 0 radical (unpaired) electrons. The predicted molar refractivity (Wildman–Crippen MR) is 139 cm³/mol. The maximum absolute atomic E-state index is 16.0. The zero-order valence-electron chi connectivity index (χ0n) is 20.3. The number of fused-ring (bicyclic) bond motifs is 2. The Morgan fingerprint density at radius 3 is 2.68 bits per heavy atom. The van der Waals surface area contributed by atoms with Crippen LogP contribution in [0, 0.1) is 17.6 Å². The van der Waals surface area contributed by atoms with Gasteiger partial charge in [-0.2, -0.15) is 5.10 Å². The standard InChI is InChI=1S/C27H20F2N8O/c1-13(2)27(38)33-17-9-15(10-30-11-17)22-21(29)20-19(12-32-22)36-37-24(20)26-34-23-18(6-7-31-25(23)35-26)14-4-3-5-16(28)8-14/h3-13H,1-2H3,(H,33,38)(H,36,37)(H,31,34,35). The average Bonchev–Trinajstić information content (AvgIpc) is 3.53. The highest BCUT2D eigenvalue weighted by Gasteiger charge is 2.22. The summed E-state index contributed by atoms with van der Waals surface area (Å²) in [6.07, 6.45) is 6.02. The molecule has 11 heteroatoms. The first-order valence-corrected chi connectivity index (χ1v) is 11.8. The van der Waals surface area contributed by atoms with E-state index in [1.54, 1.807) is 44.3 Å². The second-order valence-corrected chi connectivity index (χ2v) is 9.04. The molecule has 5 heterocycles. The number of amides is 1. The monoisotopic (exact) mass is 510 g/mol.